The van der Waals surface area contributed by atoms with E-state index in [-0.39, 0.29) is 0 Å². The van der Waals surface area contributed by atoms with Gasteiger partial charge < -0.3 is 0 Å². The lowest BCUT2D eigenvalue weighted by Crippen LogP contribution is -2.21. The summed E-state index contributed by atoms with van der Waals surface area (Å²) in [6, 6.07) is 0. The van der Waals surface area contributed by atoms with Crippen LogP contribution >= 0.6 is 0 Å². The third kappa shape index (κ3) is 3.97. The van der Waals surface area contributed by atoms with Gasteiger partial charge in [-0.25, -0.2) is 0 Å². The van der Waals surface area contributed by atoms with Gasteiger partial charge in [0.25, 0.3) is 0 Å². The summed E-state index contributed by atoms with van der Waals surface area (Å²) in [5.41, 5.74) is 0.633. The van der Waals surface area contributed by atoms with Crippen molar-refractivity contribution in [3.8, 4) is 0 Å². The average Bonchev–Trinajstić information content (AvgIpc) is 2.30. The molecule has 0 N–H and O–H groups in total. The highest BCUT2D eigenvalue weighted by Crippen LogP contribution is 2.46. The van der Waals surface area contributed by atoms with Crippen molar-refractivity contribution in [1.29, 1.82) is 0 Å². The molecule has 0 heterocycles. The smallest absolute Gasteiger partial charge is 0.0323 e. The predicted octanol–water partition coefficient (Wildman–Crippen LogP) is 4.66. The van der Waals surface area contributed by atoms with Gasteiger partial charge in [0, 0.05) is 0 Å². The van der Waals surface area contributed by atoms with Crippen molar-refractivity contribution in [1.82, 2.24) is 0 Å². The standard InChI is InChI=1S/C10H20.C3H6/c1-8(2)9-6-5-7-10(9,3)4;1-3-2/h8-9H,5-7H2,1-4H3;3H,1H2,2H3. The molecule has 1 unspecified atom stereocenters. The van der Waals surface area contributed by atoms with Crippen LogP contribution in [0.2, 0.25) is 0 Å². The van der Waals surface area contributed by atoms with Crippen molar-refractivity contribution in [2.45, 2.75) is 53.9 Å². The molecule has 0 bridgehead atoms. The molecule has 0 amide bonds. The van der Waals surface area contributed by atoms with Gasteiger partial charge in [0.2, 0.25) is 0 Å². The van der Waals surface area contributed by atoms with E-state index in [1.165, 1.54) is 19.3 Å². The fourth-order valence-electron chi connectivity index (χ4n) is 2.59. The Kier molecular flexibility index (Phi) is 5.36. The van der Waals surface area contributed by atoms with E-state index in [0.717, 1.165) is 11.8 Å². The predicted molar refractivity (Wildman–Crippen MR) is 61.8 cm³/mol. The SMILES string of the molecule is C=CC.CC(C)C1CCCC1(C)C. The molecule has 0 saturated heterocycles. The molecule has 0 aromatic carbocycles. The average molecular weight is 182 g/mol. The topological polar surface area (TPSA) is 0 Å². The van der Waals surface area contributed by atoms with Crippen LogP contribution in [0.3, 0.4) is 0 Å². The second kappa shape index (κ2) is 5.47. The first kappa shape index (κ1) is 12.7. The molecule has 1 fully saturated rings. The summed E-state index contributed by atoms with van der Waals surface area (Å²) in [6.45, 7) is 14.8. The van der Waals surface area contributed by atoms with E-state index in [1.807, 2.05) is 6.92 Å². The Bertz CT molecular complexity index is 142. The second-order valence-electron chi connectivity index (χ2n) is 5.14. The highest BCUT2D eigenvalue weighted by molar-refractivity contribution is 4.86. The maximum Gasteiger partial charge on any atom is -0.0323 e. The van der Waals surface area contributed by atoms with E-state index in [1.54, 1.807) is 6.08 Å². The zero-order valence-electron chi connectivity index (χ0n) is 10.1. The van der Waals surface area contributed by atoms with Crippen LogP contribution in [0.25, 0.3) is 0 Å². The quantitative estimate of drug-likeness (QED) is 0.517. The van der Waals surface area contributed by atoms with E-state index < -0.39 is 0 Å². The maximum atomic E-state index is 3.36. The molecule has 0 nitrogen and oxygen atoms in total. The lowest BCUT2D eigenvalue weighted by Gasteiger charge is -2.30. The van der Waals surface area contributed by atoms with Crippen molar-refractivity contribution in [2.75, 3.05) is 0 Å². The largest absolute Gasteiger partial charge is 0.103 e. The molecule has 1 rings (SSSR count). The molecule has 1 aliphatic rings. The monoisotopic (exact) mass is 182 g/mol. The minimum absolute atomic E-state index is 0.633. The minimum atomic E-state index is 0.633. The van der Waals surface area contributed by atoms with Crippen LogP contribution < -0.4 is 0 Å². The summed E-state index contributed by atoms with van der Waals surface area (Å²) < 4.78 is 0. The van der Waals surface area contributed by atoms with Gasteiger partial charge in [-0.05, 0) is 37.0 Å². The van der Waals surface area contributed by atoms with Crippen LogP contribution in [0, 0.1) is 17.3 Å². The number of hydrogen-bond acceptors (Lipinski definition) is 0. The van der Waals surface area contributed by atoms with Gasteiger partial charge in [0.05, 0.1) is 0 Å². The Morgan fingerprint density at radius 2 is 1.85 bits per heavy atom. The highest BCUT2D eigenvalue weighted by Gasteiger charge is 2.35. The van der Waals surface area contributed by atoms with Gasteiger partial charge in [-0.3, -0.25) is 0 Å². The summed E-state index contributed by atoms with van der Waals surface area (Å²) in [5.74, 6) is 1.87. The third-order valence-corrected chi connectivity index (χ3v) is 3.14. The number of hydrogen-bond donors (Lipinski definition) is 0. The molecule has 1 aliphatic carbocycles. The van der Waals surface area contributed by atoms with Crippen LogP contribution in [0.15, 0.2) is 12.7 Å². The zero-order chi connectivity index (χ0) is 10.5. The number of allylic oxidation sites excluding steroid dienone is 1. The Balaban J connectivity index is 0.000000424. The van der Waals surface area contributed by atoms with Gasteiger partial charge in [-0.2, -0.15) is 0 Å². The molecule has 1 saturated carbocycles. The fourth-order valence-corrected chi connectivity index (χ4v) is 2.59. The van der Waals surface area contributed by atoms with Crippen LogP contribution in [0.5, 0.6) is 0 Å². The van der Waals surface area contributed by atoms with Gasteiger partial charge in [0.15, 0.2) is 0 Å². The summed E-state index contributed by atoms with van der Waals surface area (Å²) in [5, 5.41) is 0. The molecule has 0 aromatic heterocycles. The first-order valence-electron chi connectivity index (χ1n) is 5.52. The molecule has 1 atom stereocenters. The molecular weight excluding hydrogens is 156 g/mol. The molecule has 0 aromatic rings. The van der Waals surface area contributed by atoms with E-state index in [2.05, 4.69) is 34.3 Å². The molecule has 13 heavy (non-hydrogen) atoms. The molecule has 0 spiro atoms. The van der Waals surface area contributed by atoms with Crippen molar-refractivity contribution < 1.29 is 0 Å². The van der Waals surface area contributed by atoms with Crippen LogP contribution in [0.1, 0.15) is 53.9 Å². The normalized spacial score (nSPS) is 25.2. The fraction of sp³-hybridized carbons (Fsp3) is 0.846. The van der Waals surface area contributed by atoms with Crippen LogP contribution in [0.4, 0.5) is 0 Å². The first-order valence-corrected chi connectivity index (χ1v) is 5.52. The van der Waals surface area contributed by atoms with Gasteiger partial charge in [-0.1, -0.05) is 40.2 Å². The number of rotatable bonds is 1. The Morgan fingerprint density at radius 1 is 1.38 bits per heavy atom. The lowest BCUT2D eigenvalue weighted by atomic mass is 9.76. The molecule has 0 heteroatoms. The molecule has 0 radical (unpaired) electrons. The summed E-state index contributed by atoms with van der Waals surface area (Å²) >= 11 is 0. The molecule has 0 aliphatic heterocycles. The maximum absolute atomic E-state index is 3.36. The van der Waals surface area contributed by atoms with E-state index in [9.17, 15) is 0 Å². The van der Waals surface area contributed by atoms with Crippen molar-refractivity contribution in [3.05, 3.63) is 12.7 Å². The van der Waals surface area contributed by atoms with Crippen LogP contribution in [-0.4, -0.2) is 0 Å². The van der Waals surface area contributed by atoms with E-state index >= 15 is 0 Å². The van der Waals surface area contributed by atoms with Crippen molar-refractivity contribution in [3.63, 3.8) is 0 Å². The van der Waals surface area contributed by atoms with E-state index in [4.69, 9.17) is 0 Å². The summed E-state index contributed by atoms with van der Waals surface area (Å²) in [6.07, 6.45) is 6.11. The van der Waals surface area contributed by atoms with Crippen molar-refractivity contribution in [2.24, 2.45) is 17.3 Å². The summed E-state index contributed by atoms with van der Waals surface area (Å²) in [7, 11) is 0. The Hall–Kier alpha value is -0.260. The van der Waals surface area contributed by atoms with Gasteiger partial charge in [0.1, 0.15) is 0 Å². The summed E-state index contributed by atoms with van der Waals surface area (Å²) in [4.78, 5) is 0. The molecule has 78 valence electrons. The van der Waals surface area contributed by atoms with Gasteiger partial charge >= 0.3 is 0 Å². The zero-order valence-corrected chi connectivity index (χ0v) is 10.1. The Morgan fingerprint density at radius 3 is 2.00 bits per heavy atom. The van der Waals surface area contributed by atoms with Gasteiger partial charge in [-0.15, -0.1) is 6.58 Å². The van der Waals surface area contributed by atoms with E-state index in [0.29, 0.717) is 5.41 Å². The van der Waals surface area contributed by atoms with Crippen LogP contribution in [-0.2, 0) is 0 Å². The first-order chi connectivity index (χ1) is 5.95. The lowest BCUT2D eigenvalue weighted by molar-refractivity contribution is 0.199. The third-order valence-electron chi connectivity index (χ3n) is 3.14. The second-order valence-corrected chi connectivity index (χ2v) is 5.14. The molecular formula is C13H26. The Labute approximate surface area is 84.4 Å². The van der Waals surface area contributed by atoms with Crippen molar-refractivity contribution >= 4 is 0 Å². The minimum Gasteiger partial charge on any atom is -0.103 e. The highest BCUT2D eigenvalue weighted by atomic mass is 14.4.